The summed E-state index contributed by atoms with van der Waals surface area (Å²) in [6, 6.07) is 17.1. The van der Waals surface area contributed by atoms with Crippen molar-refractivity contribution in [3.8, 4) is 0 Å². The molecule has 0 fully saturated rings. The van der Waals surface area contributed by atoms with Gasteiger partial charge in [0.15, 0.2) is 0 Å². The second-order valence-electron chi connectivity index (χ2n) is 16.8. The standard InChI is InChI=1S/2C11H14.C9H18.C6H13N.C5H12.C5H10.3C4H10.C2H6S/c2*1-4-9(2)11-8-6-5-7-10(11)3;1-5-6-7-9(4)8(2)3;1-4-6(7)5(2)3;2*1-4-5(2)3;3*1-3-4-2;1-3-2/h2*4-8H,1-3H3;9H,2,5-7H2,1,3-4H3;6H,2,4,7H2,1,3H3;5H,4H2,1-3H3;2,4H2,1,3H3;3*3-4H2,1-2H3;1-2H3/b2*9-4+;;;;;;;;. The van der Waals surface area contributed by atoms with Gasteiger partial charge in [0.25, 0.3) is 0 Å². The Kier molecular flexibility index (Phi) is 78.6. The molecule has 0 heterocycles. The van der Waals surface area contributed by atoms with E-state index in [2.05, 4.69) is 219 Å². The summed E-state index contributed by atoms with van der Waals surface area (Å²) in [5.74, 6) is 1.61. The van der Waals surface area contributed by atoms with E-state index in [-0.39, 0.29) is 6.04 Å². The van der Waals surface area contributed by atoms with Crippen LogP contribution in [0.2, 0.25) is 0 Å². The van der Waals surface area contributed by atoms with Gasteiger partial charge in [-0.3, -0.25) is 0 Å². The third kappa shape index (κ3) is 71.3. The minimum atomic E-state index is 0.208. The largest absolute Gasteiger partial charge is 0.324 e. The van der Waals surface area contributed by atoms with Gasteiger partial charge >= 0.3 is 0 Å². The molecule has 2 heteroatoms. The molecule has 0 aromatic heterocycles. The lowest BCUT2D eigenvalue weighted by Gasteiger charge is -2.08. The lowest BCUT2D eigenvalue weighted by Crippen LogP contribution is -2.18. The molecule has 372 valence electrons. The normalized spacial score (nSPS) is 10.6. The van der Waals surface area contributed by atoms with Gasteiger partial charge < -0.3 is 5.73 Å². The maximum absolute atomic E-state index is 5.52. The summed E-state index contributed by atoms with van der Waals surface area (Å²) in [6.07, 6.45) is 23.7. The van der Waals surface area contributed by atoms with Gasteiger partial charge in [0, 0.05) is 6.04 Å². The van der Waals surface area contributed by atoms with E-state index in [9.17, 15) is 0 Å². The van der Waals surface area contributed by atoms with E-state index in [0.717, 1.165) is 30.3 Å². The molecule has 0 spiro atoms. The molecule has 0 amide bonds. The highest BCUT2D eigenvalue weighted by atomic mass is 32.2. The molecule has 2 N–H and O–H groups in total. The summed E-state index contributed by atoms with van der Waals surface area (Å²) in [5.41, 5.74) is 17.3. The van der Waals surface area contributed by atoms with Crippen LogP contribution >= 0.6 is 11.8 Å². The second kappa shape index (κ2) is 63.7. The molecule has 0 saturated carbocycles. The lowest BCUT2D eigenvalue weighted by atomic mass is 9.98. The fraction of sp³-hybridized carbons (Fsp3) is 0.639. The minimum Gasteiger partial charge on any atom is -0.324 e. The van der Waals surface area contributed by atoms with Crippen LogP contribution in [-0.2, 0) is 0 Å². The zero-order chi connectivity index (χ0) is 51.2. The summed E-state index contributed by atoms with van der Waals surface area (Å²) < 4.78 is 0. The molecule has 2 aromatic rings. The molecule has 0 bridgehead atoms. The van der Waals surface area contributed by atoms with Crippen LogP contribution in [0, 0.1) is 25.7 Å². The van der Waals surface area contributed by atoms with Gasteiger partial charge in [0.1, 0.15) is 0 Å². The molecule has 2 rings (SSSR count). The molecular weight excluding hydrogens is 779 g/mol. The van der Waals surface area contributed by atoms with Crippen molar-refractivity contribution >= 4 is 22.9 Å². The van der Waals surface area contributed by atoms with Gasteiger partial charge in [-0.1, -0.05) is 238 Å². The molecular formula is C61H117NS. The van der Waals surface area contributed by atoms with E-state index in [4.69, 9.17) is 5.73 Å². The molecule has 0 aliphatic rings. The highest BCUT2D eigenvalue weighted by Gasteiger charge is 2.00. The first kappa shape index (κ1) is 77.7. The quantitative estimate of drug-likeness (QED) is 0.203. The zero-order valence-electron chi connectivity index (χ0n) is 47.6. The van der Waals surface area contributed by atoms with Crippen LogP contribution in [0.5, 0.6) is 0 Å². The number of nitrogens with two attached hydrogens (primary N) is 1. The summed E-state index contributed by atoms with van der Waals surface area (Å²) >= 11 is 1.75. The smallest absolute Gasteiger partial charge is 0.0245 e. The minimum absolute atomic E-state index is 0.208. The number of allylic oxidation sites excluding steroid dienone is 6. The van der Waals surface area contributed by atoms with Crippen molar-refractivity contribution in [3.63, 3.8) is 0 Å². The van der Waals surface area contributed by atoms with Crippen molar-refractivity contribution in [2.45, 2.75) is 235 Å². The first-order valence-corrected chi connectivity index (χ1v) is 26.7. The van der Waals surface area contributed by atoms with Crippen molar-refractivity contribution < 1.29 is 0 Å². The number of hydrogen-bond acceptors (Lipinski definition) is 2. The van der Waals surface area contributed by atoms with Crippen LogP contribution in [0.3, 0.4) is 0 Å². The number of rotatable bonds is 13. The number of benzene rings is 2. The van der Waals surface area contributed by atoms with Crippen LogP contribution in [-0.4, -0.2) is 18.6 Å². The third-order valence-corrected chi connectivity index (χ3v) is 9.83. The maximum Gasteiger partial charge on any atom is 0.0245 e. The Morgan fingerprint density at radius 1 is 0.556 bits per heavy atom. The van der Waals surface area contributed by atoms with Crippen molar-refractivity contribution in [1.82, 2.24) is 0 Å². The molecule has 0 aliphatic heterocycles. The molecule has 0 saturated heterocycles. The van der Waals surface area contributed by atoms with Crippen LogP contribution < -0.4 is 5.73 Å². The summed E-state index contributed by atoms with van der Waals surface area (Å²) in [7, 11) is 0. The predicted molar refractivity (Wildman–Crippen MR) is 309 cm³/mol. The van der Waals surface area contributed by atoms with Gasteiger partial charge in [0.05, 0.1) is 0 Å². The SMILES string of the molecule is C/C=C(\C)c1ccccc1C.C/C=C(\C)c1ccccc1C.C=C(C)C(C)CCCC.C=C(C)C(N)CC.C=C(C)CC.CCC(C)C.CCCC.CCCC.CCCC.CSC. The first-order valence-electron chi connectivity index (χ1n) is 25.1. The summed E-state index contributed by atoms with van der Waals surface area (Å²) in [4.78, 5) is 0. The van der Waals surface area contributed by atoms with Crippen LogP contribution in [0.1, 0.15) is 238 Å². The Morgan fingerprint density at radius 3 is 0.984 bits per heavy atom. The highest BCUT2D eigenvalue weighted by Crippen LogP contribution is 2.18. The summed E-state index contributed by atoms with van der Waals surface area (Å²) in [5, 5.41) is 0. The fourth-order valence-corrected chi connectivity index (χ4v) is 3.45. The topological polar surface area (TPSA) is 26.0 Å². The molecule has 2 aromatic carbocycles. The van der Waals surface area contributed by atoms with Crippen LogP contribution in [0.25, 0.3) is 11.1 Å². The second-order valence-corrected chi connectivity index (χ2v) is 17.7. The Labute approximate surface area is 405 Å². The lowest BCUT2D eigenvalue weighted by molar-refractivity contribution is 0.573. The van der Waals surface area contributed by atoms with Gasteiger partial charge in [-0.15, -0.1) is 6.58 Å². The Bertz CT molecular complexity index is 1200. The van der Waals surface area contributed by atoms with E-state index in [1.807, 2.05) is 26.4 Å². The van der Waals surface area contributed by atoms with Gasteiger partial charge in [-0.05, 0) is 139 Å². The Morgan fingerprint density at radius 2 is 0.841 bits per heavy atom. The van der Waals surface area contributed by atoms with E-state index in [0.29, 0.717) is 0 Å². The van der Waals surface area contributed by atoms with Crippen molar-refractivity contribution in [1.29, 1.82) is 0 Å². The highest BCUT2D eigenvalue weighted by molar-refractivity contribution is 7.97. The molecule has 1 nitrogen and oxygen atoms in total. The van der Waals surface area contributed by atoms with Gasteiger partial charge in [-0.2, -0.15) is 11.8 Å². The zero-order valence-corrected chi connectivity index (χ0v) is 48.4. The average molecular weight is 897 g/mol. The maximum atomic E-state index is 5.52. The van der Waals surface area contributed by atoms with E-state index in [1.165, 1.54) is 109 Å². The fourth-order valence-electron chi connectivity index (χ4n) is 3.45. The molecule has 2 atom stereocenters. The van der Waals surface area contributed by atoms with Crippen molar-refractivity contribution in [2.24, 2.45) is 17.6 Å². The number of unbranched alkanes of at least 4 members (excludes halogenated alkanes) is 4. The average Bonchev–Trinajstić information content (AvgIpc) is 3.29. The third-order valence-electron chi connectivity index (χ3n) is 9.83. The van der Waals surface area contributed by atoms with Crippen LogP contribution in [0.4, 0.5) is 0 Å². The van der Waals surface area contributed by atoms with Crippen molar-refractivity contribution in [3.05, 3.63) is 119 Å². The van der Waals surface area contributed by atoms with Gasteiger partial charge in [0.2, 0.25) is 0 Å². The number of hydrogen-bond donors (Lipinski definition) is 1. The van der Waals surface area contributed by atoms with Crippen LogP contribution in [0.15, 0.2) is 97.1 Å². The van der Waals surface area contributed by atoms with E-state index >= 15 is 0 Å². The monoisotopic (exact) mass is 896 g/mol. The summed E-state index contributed by atoms with van der Waals surface area (Å²) in [6.45, 7) is 58.4. The van der Waals surface area contributed by atoms with Gasteiger partial charge in [-0.25, -0.2) is 0 Å². The molecule has 0 radical (unpaired) electrons. The first-order chi connectivity index (χ1) is 29.6. The number of thioether (sulfide) groups is 1. The van der Waals surface area contributed by atoms with E-state index < -0.39 is 0 Å². The Balaban J connectivity index is -0.0000000919. The van der Waals surface area contributed by atoms with E-state index in [1.54, 1.807) is 11.8 Å². The van der Waals surface area contributed by atoms with Crippen molar-refractivity contribution in [2.75, 3.05) is 12.5 Å². The molecule has 0 aliphatic carbocycles. The number of aryl methyl sites for hydroxylation is 2. The predicted octanol–water partition coefficient (Wildman–Crippen LogP) is 21.9. The Hall–Kier alpha value is -2.55. The molecule has 2 unspecified atom stereocenters. The molecule has 63 heavy (non-hydrogen) atoms.